The molecule has 22 heavy (non-hydrogen) atoms. The second-order valence-electron chi connectivity index (χ2n) is 5.89. The summed E-state index contributed by atoms with van der Waals surface area (Å²) in [6, 6.07) is 9.58. The number of aliphatic hydroxyl groups is 1. The Morgan fingerprint density at radius 2 is 1.45 bits per heavy atom. The molecule has 0 unspecified atom stereocenters. The van der Waals surface area contributed by atoms with E-state index in [4.69, 9.17) is 10.4 Å². The Hall–Kier alpha value is -0.980. The molecule has 0 bridgehead atoms. The van der Waals surface area contributed by atoms with E-state index in [1.807, 2.05) is 63.2 Å². The van der Waals surface area contributed by atoms with Gasteiger partial charge in [0.15, 0.2) is 0 Å². The molecule has 0 aliphatic carbocycles. The number of hydrogen-bond acceptors (Lipinski definition) is 5. The molecule has 0 heterocycles. The lowest BCUT2D eigenvalue weighted by atomic mass is 9.99. The predicted molar refractivity (Wildman–Crippen MR) is 93.0 cm³/mol. The Morgan fingerprint density at radius 1 is 1.00 bits per heavy atom. The fourth-order valence-electron chi connectivity index (χ4n) is 1.09. The van der Waals surface area contributed by atoms with Crippen LogP contribution in [0.1, 0.15) is 26.3 Å². The Bertz CT molecular complexity index is 341. The SMILES string of the molecule is CC(C)(OO)c1ccccc1.CCN(C)C.CN(C)CCO. The van der Waals surface area contributed by atoms with Crippen LogP contribution in [0, 0.1) is 0 Å². The van der Waals surface area contributed by atoms with Crippen LogP contribution in [-0.4, -0.2) is 68.1 Å². The van der Waals surface area contributed by atoms with Crippen molar-refractivity contribution in [2.75, 3.05) is 47.9 Å². The van der Waals surface area contributed by atoms with Gasteiger partial charge in [-0.25, -0.2) is 4.89 Å². The summed E-state index contributed by atoms with van der Waals surface area (Å²) in [5, 5.41) is 16.7. The van der Waals surface area contributed by atoms with Gasteiger partial charge in [-0.1, -0.05) is 37.3 Å². The molecule has 5 heteroatoms. The predicted octanol–water partition coefficient (Wildman–Crippen LogP) is 2.52. The molecule has 1 rings (SSSR count). The Labute approximate surface area is 136 Å². The highest BCUT2D eigenvalue weighted by atomic mass is 17.1. The molecule has 5 nitrogen and oxygen atoms in total. The first-order valence-electron chi connectivity index (χ1n) is 7.49. The molecule has 0 saturated heterocycles. The smallest absolute Gasteiger partial charge is 0.123 e. The molecule has 0 aliphatic rings. The second kappa shape index (κ2) is 13.7. The highest BCUT2D eigenvalue weighted by Crippen LogP contribution is 2.22. The van der Waals surface area contributed by atoms with Gasteiger partial charge >= 0.3 is 0 Å². The maximum Gasteiger partial charge on any atom is 0.123 e. The summed E-state index contributed by atoms with van der Waals surface area (Å²) in [6.07, 6.45) is 0. The lowest BCUT2D eigenvalue weighted by molar-refractivity contribution is -0.318. The van der Waals surface area contributed by atoms with Crippen LogP contribution in [0.25, 0.3) is 0 Å². The summed E-state index contributed by atoms with van der Waals surface area (Å²) in [4.78, 5) is 8.38. The summed E-state index contributed by atoms with van der Waals surface area (Å²) in [7, 11) is 7.96. The van der Waals surface area contributed by atoms with Crippen molar-refractivity contribution in [1.82, 2.24) is 9.80 Å². The zero-order valence-corrected chi connectivity index (χ0v) is 15.2. The molecular weight excluding hydrogens is 280 g/mol. The standard InChI is InChI=1S/C9H12O2.C4H11NO.C4H11N/c1-9(2,11-10)8-6-4-3-5-7-8;1-5(2)3-4-6;1-4-5(2)3/h3-7,10H,1-2H3;6H,3-4H2,1-2H3;4H2,1-3H3. The van der Waals surface area contributed by atoms with Gasteiger partial charge in [0.05, 0.1) is 6.61 Å². The lowest BCUT2D eigenvalue weighted by Gasteiger charge is -2.20. The quantitative estimate of drug-likeness (QED) is 0.646. The van der Waals surface area contributed by atoms with E-state index in [2.05, 4.69) is 30.8 Å². The molecule has 2 N–H and O–H groups in total. The van der Waals surface area contributed by atoms with Gasteiger partial charge in [-0.2, -0.15) is 0 Å². The van der Waals surface area contributed by atoms with Crippen LogP contribution in [0.2, 0.25) is 0 Å². The minimum absolute atomic E-state index is 0.257. The van der Waals surface area contributed by atoms with Gasteiger partial charge in [0.1, 0.15) is 5.60 Å². The van der Waals surface area contributed by atoms with Crippen molar-refractivity contribution in [3.8, 4) is 0 Å². The molecule has 0 saturated carbocycles. The molecule has 0 fully saturated rings. The minimum atomic E-state index is -0.610. The van der Waals surface area contributed by atoms with E-state index in [9.17, 15) is 0 Å². The molecule has 0 amide bonds. The van der Waals surface area contributed by atoms with Gasteiger partial charge < -0.3 is 14.9 Å². The van der Waals surface area contributed by atoms with Crippen molar-refractivity contribution >= 4 is 0 Å². The van der Waals surface area contributed by atoms with E-state index in [1.54, 1.807) is 0 Å². The summed E-state index contributed by atoms with van der Waals surface area (Å²) >= 11 is 0. The molecule has 0 aromatic heterocycles. The monoisotopic (exact) mass is 314 g/mol. The second-order valence-corrected chi connectivity index (χ2v) is 5.89. The van der Waals surface area contributed by atoms with Crippen LogP contribution in [0.4, 0.5) is 0 Å². The molecule has 0 radical (unpaired) electrons. The number of hydrogen-bond donors (Lipinski definition) is 2. The van der Waals surface area contributed by atoms with E-state index in [1.165, 1.54) is 0 Å². The van der Waals surface area contributed by atoms with Crippen LogP contribution >= 0.6 is 0 Å². The van der Waals surface area contributed by atoms with Gasteiger partial charge in [0.25, 0.3) is 0 Å². The van der Waals surface area contributed by atoms with Gasteiger partial charge in [-0.05, 0) is 54.1 Å². The first-order valence-corrected chi connectivity index (χ1v) is 7.49. The van der Waals surface area contributed by atoms with E-state index < -0.39 is 5.60 Å². The molecule has 130 valence electrons. The number of benzene rings is 1. The van der Waals surface area contributed by atoms with Gasteiger partial charge in [0, 0.05) is 6.54 Å². The van der Waals surface area contributed by atoms with Crippen molar-refractivity contribution in [2.45, 2.75) is 26.4 Å². The largest absolute Gasteiger partial charge is 0.395 e. The summed E-state index contributed by atoms with van der Waals surface area (Å²) < 4.78 is 0. The highest BCUT2D eigenvalue weighted by molar-refractivity contribution is 5.20. The number of rotatable bonds is 5. The molecular formula is C17H34N2O3. The van der Waals surface area contributed by atoms with Crippen molar-refractivity contribution in [1.29, 1.82) is 0 Å². The molecule has 1 aromatic carbocycles. The van der Waals surface area contributed by atoms with Gasteiger partial charge in [0.2, 0.25) is 0 Å². The zero-order valence-electron chi connectivity index (χ0n) is 15.2. The molecule has 0 aliphatic heterocycles. The number of nitrogens with zero attached hydrogens (tertiary/aromatic N) is 2. The topological polar surface area (TPSA) is 56.2 Å². The van der Waals surface area contributed by atoms with Crippen molar-refractivity contribution in [3.63, 3.8) is 0 Å². The Balaban J connectivity index is 0. The Kier molecular flexibility index (Phi) is 14.5. The third-order valence-electron chi connectivity index (χ3n) is 2.88. The van der Waals surface area contributed by atoms with Crippen LogP contribution < -0.4 is 0 Å². The zero-order chi connectivity index (χ0) is 17.6. The third-order valence-corrected chi connectivity index (χ3v) is 2.88. The van der Waals surface area contributed by atoms with Gasteiger partial charge in [-0.3, -0.25) is 5.26 Å². The van der Waals surface area contributed by atoms with Crippen LogP contribution in [0.3, 0.4) is 0 Å². The fourth-order valence-corrected chi connectivity index (χ4v) is 1.09. The van der Waals surface area contributed by atoms with E-state index in [-0.39, 0.29) is 6.61 Å². The van der Waals surface area contributed by atoms with Crippen molar-refractivity contribution in [3.05, 3.63) is 35.9 Å². The van der Waals surface area contributed by atoms with Crippen molar-refractivity contribution < 1.29 is 15.3 Å². The summed E-state index contributed by atoms with van der Waals surface area (Å²) in [5.74, 6) is 0. The third kappa shape index (κ3) is 14.0. The number of aliphatic hydroxyl groups excluding tert-OH is 1. The first-order chi connectivity index (χ1) is 10.2. The first kappa shape index (κ1) is 23.3. The summed E-state index contributed by atoms with van der Waals surface area (Å²) in [6.45, 7) is 7.90. The fraction of sp³-hybridized carbons (Fsp3) is 0.647. The maximum absolute atomic E-state index is 8.55. The molecule has 1 aromatic rings. The molecule has 0 atom stereocenters. The summed E-state index contributed by atoms with van der Waals surface area (Å²) in [5.41, 5.74) is 0.351. The van der Waals surface area contributed by atoms with Crippen LogP contribution in [0.5, 0.6) is 0 Å². The van der Waals surface area contributed by atoms with Gasteiger partial charge in [-0.15, -0.1) is 0 Å². The maximum atomic E-state index is 8.55. The van der Waals surface area contributed by atoms with E-state index in [0.29, 0.717) is 0 Å². The van der Waals surface area contributed by atoms with Crippen LogP contribution in [-0.2, 0) is 10.5 Å². The van der Waals surface area contributed by atoms with E-state index >= 15 is 0 Å². The average molecular weight is 314 g/mol. The highest BCUT2D eigenvalue weighted by Gasteiger charge is 2.20. The lowest BCUT2D eigenvalue weighted by Crippen LogP contribution is -2.19. The Morgan fingerprint density at radius 3 is 1.68 bits per heavy atom. The van der Waals surface area contributed by atoms with Crippen molar-refractivity contribution in [2.24, 2.45) is 0 Å². The van der Waals surface area contributed by atoms with E-state index in [0.717, 1.165) is 18.7 Å². The minimum Gasteiger partial charge on any atom is -0.395 e. The average Bonchev–Trinajstić information content (AvgIpc) is 2.49. The van der Waals surface area contributed by atoms with Crippen LogP contribution in [0.15, 0.2) is 30.3 Å². The number of likely N-dealkylation sites (N-methyl/N-ethyl adjacent to an activating group) is 1. The normalized spacial score (nSPS) is 10.7. The molecule has 0 spiro atoms.